The van der Waals surface area contributed by atoms with Crippen molar-refractivity contribution in [3.05, 3.63) is 12.2 Å². The van der Waals surface area contributed by atoms with Crippen molar-refractivity contribution in [3.63, 3.8) is 0 Å². The van der Waals surface area contributed by atoms with Gasteiger partial charge in [0.25, 0.3) is 0 Å². The van der Waals surface area contributed by atoms with E-state index in [1.165, 1.54) is 0 Å². The highest BCUT2D eigenvalue weighted by atomic mass is 16.1. The summed E-state index contributed by atoms with van der Waals surface area (Å²) in [5.74, 6) is 1.52. The number of aryl methyl sites for hydroxylation is 1. The largest absolute Gasteiger partial charge is 0.346 e. The zero-order valence-electron chi connectivity index (χ0n) is 14.1. The lowest BCUT2D eigenvalue weighted by atomic mass is 9.93. The van der Waals surface area contributed by atoms with Crippen LogP contribution in [0.5, 0.6) is 0 Å². The summed E-state index contributed by atoms with van der Waals surface area (Å²) in [6, 6.07) is -0.0364. The number of hydrogen-bond donors (Lipinski definition) is 1. The molecule has 0 saturated carbocycles. The Bertz CT molecular complexity index is 465. The molecule has 0 spiro atoms. The fourth-order valence-electron chi connectivity index (χ4n) is 3.16. The van der Waals surface area contributed by atoms with Crippen molar-refractivity contribution in [2.45, 2.75) is 59.0 Å². The third-order valence-electron chi connectivity index (χ3n) is 4.63. The first-order chi connectivity index (χ1) is 10.7. The topological polar surface area (TPSA) is 63.1 Å². The van der Waals surface area contributed by atoms with Gasteiger partial charge in [-0.2, -0.15) is 5.10 Å². The van der Waals surface area contributed by atoms with Gasteiger partial charge in [0.05, 0.1) is 6.04 Å². The predicted octanol–water partition coefficient (Wildman–Crippen LogP) is 1.99. The maximum Gasteiger partial charge on any atom is 0.220 e. The Morgan fingerprint density at radius 2 is 2.05 bits per heavy atom. The van der Waals surface area contributed by atoms with Crippen LogP contribution >= 0.6 is 0 Å². The van der Waals surface area contributed by atoms with Crippen molar-refractivity contribution < 1.29 is 4.79 Å². The van der Waals surface area contributed by atoms with Crippen LogP contribution in [0.15, 0.2) is 6.33 Å². The van der Waals surface area contributed by atoms with E-state index in [1.807, 2.05) is 11.6 Å². The van der Waals surface area contributed by atoms with E-state index in [-0.39, 0.29) is 11.9 Å². The number of carbonyl (C=O) groups excluding carboxylic acids is 1. The van der Waals surface area contributed by atoms with Gasteiger partial charge in [0, 0.05) is 13.0 Å². The molecule has 1 amide bonds. The van der Waals surface area contributed by atoms with Gasteiger partial charge in [-0.05, 0) is 51.7 Å². The molecule has 1 aromatic rings. The number of rotatable bonds is 7. The molecule has 1 saturated heterocycles. The summed E-state index contributed by atoms with van der Waals surface area (Å²) < 4.78 is 1.86. The van der Waals surface area contributed by atoms with Crippen molar-refractivity contribution in [1.29, 1.82) is 0 Å². The Morgan fingerprint density at radius 1 is 1.32 bits per heavy atom. The summed E-state index contributed by atoms with van der Waals surface area (Å²) >= 11 is 0. The Hall–Kier alpha value is -1.43. The van der Waals surface area contributed by atoms with Crippen LogP contribution in [0, 0.1) is 5.92 Å². The lowest BCUT2D eigenvalue weighted by Gasteiger charge is -2.31. The normalized spacial score (nSPS) is 18.3. The van der Waals surface area contributed by atoms with Crippen LogP contribution in [0.25, 0.3) is 0 Å². The molecule has 22 heavy (non-hydrogen) atoms. The fraction of sp³-hybridized carbons (Fsp3) is 0.812. The average Bonchev–Trinajstić information content (AvgIpc) is 3.01. The first-order valence-corrected chi connectivity index (χ1v) is 8.57. The Labute approximate surface area is 133 Å². The maximum absolute atomic E-state index is 12.3. The second-order valence-corrected chi connectivity index (χ2v) is 6.04. The molecule has 1 aromatic heterocycles. The van der Waals surface area contributed by atoms with Crippen molar-refractivity contribution in [2.24, 2.45) is 5.92 Å². The molecular formula is C16H29N5O. The second kappa shape index (κ2) is 8.27. The zero-order chi connectivity index (χ0) is 15.9. The Morgan fingerprint density at radius 3 is 2.64 bits per heavy atom. The minimum Gasteiger partial charge on any atom is -0.346 e. The van der Waals surface area contributed by atoms with Gasteiger partial charge in [-0.25, -0.2) is 9.67 Å². The molecule has 6 heteroatoms. The minimum absolute atomic E-state index is 0.0364. The summed E-state index contributed by atoms with van der Waals surface area (Å²) in [5.41, 5.74) is 0. The van der Waals surface area contributed by atoms with Crippen LogP contribution in [0.4, 0.5) is 0 Å². The van der Waals surface area contributed by atoms with E-state index < -0.39 is 0 Å². The van der Waals surface area contributed by atoms with E-state index in [4.69, 9.17) is 0 Å². The standard InChI is InChI=1S/C16H29N5O/c1-4-14(16-17-12-18-21(16)6-3)19-15(22)11-13-7-9-20(5-2)10-8-13/h12-14H,4-11H2,1-3H3,(H,19,22). The SMILES string of the molecule is CCC(NC(=O)CC1CCN(CC)CC1)c1ncnn1CC. The number of piperidine rings is 1. The highest BCUT2D eigenvalue weighted by Crippen LogP contribution is 2.21. The number of nitrogens with zero attached hydrogens (tertiary/aromatic N) is 4. The number of nitrogens with one attached hydrogen (secondary N) is 1. The molecule has 1 atom stereocenters. The summed E-state index contributed by atoms with van der Waals surface area (Å²) in [4.78, 5) is 19.1. The minimum atomic E-state index is -0.0364. The van der Waals surface area contributed by atoms with Crippen molar-refractivity contribution in [2.75, 3.05) is 19.6 Å². The second-order valence-electron chi connectivity index (χ2n) is 6.04. The molecule has 1 aliphatic heterocycles. The van der Waals surface area contributed by atoms with Gasteiger partial charge in [-0.1, -0.05) is 13.8 Å². The smallest absolute Gasteiger partial charge is 0.220 e. The predicted molar refractivity (Wildman–Crippen MR) is 86.3 cm³/mol. The first-order valence-electron chi connectivity index (χ1n) is 8.57. The molecule has 1 fully saturated rings. The Kier molecular flexibility index (Phi) is 6.36. The van der Waals surface area contributed by atoms with Gasteiger partial charge in [-0.15, -0.1) is 0 Å². The molecule has 2 heterocycles. The molecule has 0 aromatic carbocycles. The molecule has 0 radical (unpaired) electrons. The van der Waals surface area contributed by atoms with E-state index in [0.717, 1.165) is 51.3 Å². The van der Waals surface area contributed by atoms with E-state index in [0.29, 0.717) is 12.3 Å². The lowest BCUT2D eigenvalue weighted by molar-refractivity contribution is -0.123. The molecule has 1 N–H and O–H groups in total. The maximum atomic E-state index is 12.3. The molecule has 0 bridgehead atoms. The van der Waals surface area contributed by atoms with Gasteiger partial charge in [0.15, 0.2) is 0 Å². The molecule has 124 valence electrons. The first kappa shape index (κ1) is 16.9. The number of hydrogen-bond acceptors (Lipinski definition) is 4. The van der Waals surface area contributed by atoms with Crippen molar-refractivity contribution in [1.82, 2.24) is 25.0 Å². The third-order valence-corrected chi connectivity index (χ3v) is 4.63. The van der Waals surface area contributed by atoms with E-state index in [9.17, 15) is 4.79 Å². The van der Waals surface area contributed by atoms with Crippen molar-refractivity contribution in [3.8, 4) is 0 Å². The van der Waals surface area contributed by atoms with Crippen LogP contribution < -0.4 is 5.32 Å². The highest BCUT2D eigenvalue weighted by molar-refractivity contribution is 5.76. The van der Waals surface area contributed by atoms with Crippen LogP contribution in [0.1, 0.15) is 58.3 Å². The fourth-order valence-corrected chi connectivity index (χ4v) is 3.16. The van der Waals surface area contributed by atoms with Gasteiger partial charge in [0.1, 0.15) is 12.2 Å². The molecule has 1 aliphatic rings. The van der Waals surface area contributed by atoms with E-state index in [1.54, 1.807) is 6.33 Å². The van der Waals surface area contributed by atoms with Gasteiger partial charge < -0.3 is 10.2 Å². The Balaban J connectivity index is 1.85. The third kappa shape index (κ3) is 4.29. The number of likely N-dealkylation sites (tertiary alicyclic amines) is 1. The van der Waals surface area contributed by atoms with Gasteiger partial charge in [-0.3, -0.25) is 4.79 Å². The average molecular weight is 307 g/mol. The zero-order valence-corrected chi connectivity index (χ0v) is 14.1. The van der Waals surface area contributed by atoms with Crippen LogP contribution in [0.3, 0.4) is 0 Å². The number of amides is 1. The number of carbonyl (C=O) groups is 1. The summed E-state index contributed by atoms with van der Waals surface area (Å²) in [7, 11) is 0. The van der Waals surface area contributed by atoms with Crippen molar-refractivity contribution >= 4 is 5.91 Å². The monoisotopic (exact) mass is 307 g/mol. The molecule has 1 unspecified atom stereocenters. The van der Waals surface area contributed by atoms with Gasteiger partial charge >= 0.3 is 0 Å². The number of aromatic nitrogens is 3. The molecule has 6 nitrogen and oxygen atoms in total. The molecular weight excluding hydrogens is 278 g/mol. The summed E-state index contributed by atoms with van der Waals surface area (Å²) in [5, 5.41) is 7.33. The quantitative estimate of drug-likeness (QED) is 0.837. The lowest BCUT2D eigenvalue weighted by Crippen LogP contribution is -2.36. The molecule has 0 aliphatic carbocycles. The van der Waals surface area contributed by atoms with E-state index in [2.05, 4.69) is 34.1 Å². The summed E-state index contributed by atoms with van der Waals surface area (Å²) in [6.07, 6.45) is 5.29. The van der Waals surface area contributed by atoms with Crippen LogP contribution in [-0.4, -0.2) is 45.2 Å². The van der Waals surface area contributed by atoms with Crippen LogP contribution in [-0.2, 0) is 11.3 Å². The van der Waals surface area contributed by atoms with Gasteiger partial charge in [0.2, 0.25) is 5.91 Å². The molecule has 2 rings (SSSR count). The van der Waals surface area contributed by atoms with E-state index >= 15 is 0 Å². The highest BCUT2D eigenvalue weighted by Gasteiger charge is 2.23. The van der Waals surface area contributed by atoms with Crippen LogP contribution in [0.2, 0.25) is 0 Å². The summed E-state index contributed by atoms with van der Waals surface area (Å²) in [6.45, 7) is 10.4.